The summed E-state index contributed by atoms with van der Waals surface area (Å²) in [4.78, 5) is 7.14. The van der Waals surface area contributed by atoms with Gasteiger partial charge in [0.1, 0.15) is 0 Å². The predicted molar refractivity (Wildman–Crippen MR) is 99.9 cm³/mol. The lowest BCUT2D eigenvalue weighted by atomic mass is 9.73. The summed E-state index contributed by atoms with van der Waals surface area (Å²) < 4.78 is 5.96. The Labute approximate surface area is 153 Å². The van der Waals surface area contributed by atoms with Gasteiger partial charge in [-0.1, -0.05) is 24.3 Å². The van der Waals surface area contributed by atoms with Crippen molar-refractivity contribution in [2.24, 2.45) is 0 Å². The molecular formula is C20H26N2O2S. The molecule has 0 radical (unpaired) electrons. The highest BCUT2D eigenvalue weighted by Gasteiger charge is 2.45. The van der Waals surface area contributed by atoms with Crippen molar-refractivity contribution in [3.63, 3.8) is 0 Å². The van der Waals surface area contributed by atoms with E-state index in [0.717, 1.165) is 31.1 Å². The molecule has 25 heavy (non-hydrogen) atoms. The number of aliphatic hydroxyl groups excluding tert-OH is 1. The Morgan fingerprint density at radius 1 is 1.32 bits per heavy atom. The Morgan fingerprint density at radius 2 is 2.12 bits per heavy atom. The highest BCUT2D eigenvalue weighted by atomic mass is 32.1. The average molecular weight is 359 g/mol. The van der Waals surface area contributed by atoms with Gasteiger partial charge < -0.3 is 9.84 Å². The molecule has 1 saturated heterocycles. The predicted octanol–water partition coefficient (Wildman–Crippen LogP) is 3.44. The van der Waals surface area contributed by atoms with E-state index < -0.39 is 0 Å². The fraction of sp³-hybridized carbons (Fsp3) is 0.550. The van der Waals surface area contributed by atoms with E-state index >= 15 is 0 Å². The Bertz CT molecular complexity index is 722. The fourth-order valence-corrected chi connectivity index (χ4v) is 5.11. The Balaban J connectivity index is 1.46. The summed E-state index contributed by atoms with van der Waals surface area (Å²) in [7, 11) is 0. The van der Waals surface area contributed by atoms with E-state index in [1.807, 2.05) is 0 Å². The number of hydrogen-bond donors (Lipinski definition) is 1. The minimum absolute atomic E-state index is 0.0898. The second-order valence-electron chi connectivity index (χ2n) is 7.29. The summed E-state index contributed by atoms with van der Waals surface area (Å²) in [5, 5.41) is 12.5. The summed E-state index contributed by atoms with van der Waals surface area (Å²) in [6.07, 6.45) is 3.53. The van der Waals surface area contributed by atoms with Gasteiger partial charge in [-0.25, -0.2) is 4.98 Å². The van der Waals surface area contributed by atoms with Crippen molar-refractivity contribution in [3.8, 4) is 0 Å². The highest BCUT2D eigenvalue weighted by Crippen LogP contribution is 2.52. The van der Waals surface area contributed by atoms with Crippen molar-refractivity contribution < 1.29 is 9.84 Å². The molecule has 134 valence electrons. The van der Waals surface area contributed by atoms with E-state index in [9.17, 15) is 0 Å². The Morgan fingerprint density at radius 3 is 2.84 bits per heavy atom. The van der Waals surface area contributed by atoms with Crippen LogP contribution in [0.5, 0.6) is 0 Å². The molecule has 0 bridgehead atoms. The van der Waals surface area contributed by atoms with Crippen LogP contribution >= 0.6 is 11.3 Å². The van der Waals surface area contributed by atoms with Gasteiger partial charge in [0.15, 0.2) is 0 Å². The third-order valence-corrected chi connectivity index (χ3v) is 6.55. The SMILES string of the molecule is Cc1nc(CN2CCC3(CC2)C[C@@H](OCCO)c2ccccc23)cs1. The smallest absolute Gasteiger partial charge is 0.0897 e. The number of hydrogen-bond acceptors (Lipinski definition) is 5. The van der Waals surface area contributed by atoms with Crippen molar-refractivity contribution >= 4 is 11.3 Å². The van der Waals surface area contributed by atoms with Crippen molar-refractivity contribution in [1.82, 2.24) is 9.88 Å². The number of rotatable bonds is 5. The molecule has 1 aromatic heterocycles. The number of benzene rings is 1. The standard InChI is InChI=1S/C20H26N2O2S/c1-15-21-16(14-25-15)13-22-8-6-20(7-9-22)12-19(24-11-10-23)17-4-2-3-5-18(17)20/h2-5,14,19,23H,6-13H2,1H3/t19-/m1/s1. The number of thiazole rings is 1. The molecule has 0 amide bonds. The van der Waals surface area contributed by atoms with Gasteiger partial charge in [0.25, 0.3) is 0 Å². The number of piperidine rings is 1. The Kier molecular flexibility index (Phi) is 4.91. The van der Waals surface area contributed by atoms with Gasteiger partial charge in [-0.3, -0.25) is 4.90 Å². The molecule has 2 aliphatic rings. The van der Waals surface area contributed by atoms with E-state index in [4.69, 9.17) is 9.84 Å². The molecule has 4 rings (SSSR count). The minimum atomic E-state index is 0.0898. The molecule has 0 unspecified atom stereocenters. The maximum atomic E-state index is 9.12. The number of aryl methyl sites for hydroxylation is 1. The zero-order valence-electron chi connectivity index (χ0n) is 14.8. The van der Waals surface area contributed by atoms with E-state index in [2.05, 4.69) is 46.5 Å². The van der Waals surface area contributed by atoms with E-state index in [-0.39, 0.29) is 18.1 Å². The fourth-order valence-electron chi connectivity index (χ4n) is 4.50. The van der Waals surface area contributed by atoms with Gasteiger partial charge in [0.05, 0.1) is 30.0 Å². The third-order valence-electron chi connectivity index (χ3n) is 5.73. The Hall–Kier alpha value is -1.27. The van der Waals surface area contributed by atoms with Crippen LogP contribution in [0.1, 0.15) is 47.2 Å². The molecule has 5 heteroatoms. The first kappa shape index (κ1) is 17.2. The number of aromatic nitrogens is 1. The molecule has 1 spiro atoms. The molecule has 2 aromatic rings. The second kappa shape index (κ2) is 7.16. The van der Waals surface area contributed by atoms with Crippen molar-refractivity contribution in [2.75, 3.05) is 26.3 Å². The van der Waals surface area contributed by atoms with Gasteiger partial charge >= 0.3 is 0 Å². The lowest BCUT2D eigenvalue weighted by Crippen LogP contribution is -2.41. The topological polar surface area (TPSA) is 45.6 Å². The van der Waals surface area contributed by atoms with Crippen LogP contribution in [0.2, 0.25) is 0 Å². The van der Waals surface area contributed by atoms with Gasteiger partial charge in [0.2, 0.25) is 0 Å². The summed E-state index contributed by atoms with van der Waals surface area (Å²) >= 11 is 1.74. The van der Waals surface area contributed by atoms with Gasteiger partial charge in [0, 0.05) is 17.3 Å². The molecule has 1 fully saturated rings. The van der Waals surface area contributed by atoms with Crippen LogP contribution in [0.4, 0.5) is 0 Å². The molecule has 1 atom stereocenters. The maximum Gasteiger partial charge on any atom is 0.0897 e. The zero-order chi connectivity index (χ0) is 17.3. The van der Waals surface area contributed by atoms with Gasteiger partial charge in [-0.05, 0) is 50.4 Å². The number of likely N-dealkylation sites (tertiary alicyclic amines) is 1. The maximum absolute atomic E-state index is 9.12. The van der Waals surface area contributed by atoms with Crippen molar-refractivity contribution in [1.29, 1.82) is 0 Å². The molecule has 2 heterocycles. The van der Waals surface area contributed by atoms with E-state index in [1.54, 1.807) is 11.3 Å². The van der Waals surface area contributed by atoms with Gasteiger partial charge in [-0.15, -0.1) is 11.3 Å². The zero-order valence-corrected chi connectivity index (χ0v) is 15.6. The normalized spacial score (nSPS) is 22.4. The van der Waals surface area contributed by atoms with E-state index in [1.165, 1.54) is 29.7 Å². The lowest BCUT2D eigenvalue weighted by molar-refractivity contribution is 0.0128. The van der Waals surface area contributed by atoms with Crippen LogP contribution in [0.3, 0.4) is 0 Å². The summed E-state index contributed by atoms with van der Waals surface area (Å²) in [5.41, 5.74) is 4.25. The number of ether oxygens (including phenoxy) is 1. The van der Waals surface area contributed by atoms with Crippen LogP contribution in [-0.2, 0) is 16.7 Å². The first-order valence-electron chi connectivity index (χ1n) is 9.15. The highest BCUT2D eigenvalue weighted by molar-refractivity contribution is 7.09. The molecule has 0 saturated carbocycles. The van der Waals surface area contributed by atoms with Crippen LogP contribution in [0, 0.1) is 6.92 Å². The largest absolute Gasteiger partial charge is 0.394 e. The molecule has 4 nitrogen and oxygen atoms in total. The van der Waals surface area contributed by atoms with Crippen LogP contribution in [0.15, 0.2) is 29.6 Å². The lowest BCUT2D eigenvalue weighted by Gasteiger charge is -2.40. The molecule has 1 aromatic carbocycles. The van der Waals surface area contributed by atoms with Crippen molar-refractivity contribution in [2.45, 2.75) is 44.2 Å². The quantitative estimate of drug-likeness (QED) is 0.889. The van der Waals surface area contributed by atoms with Crippen LogP contribution in [0.25, 0.3) is 0 Å². The summed E-state index contributed by atoms with van der Waals surface area (Å²) in [5.74, 6) is 0. The summed E-state index contributed by atoms with van der Waals surface area (Å²) in [6, 6.07) is 8.75. The number of aliphatic hydroxyl groups is 1. The van der Waals surface area contributed by atoms with Crippen molar-refractivity contribution in [3.05, 3.63) is 51.5 Å². The summed E-state index contributed by atoms with van der Waals surface area (Å²) in [6.45, 7) is 5.76. The third kappa shape index (κ3) is 3.38. The first-order chi connectivity index (χ1) is 12.2. The van der Waals surface area contributed by atoms with Crippen LogP contribution < -0.4 is 0 Å². The van der Waals surface area contributed by atoms with E-state index in [0.29, 0.717) is 6.61 Å². The minimum Gasteiger partial charge on any atom is -0.394 e. The molecular weight excluding hydrogens is 332 g/mol. The average Bonchev–Trinajstić information content (AvgIpc) is 3.17. The van der Waals surface area contributed by atoms with Gasteiger partial charge in [-0.2, -0.15) is 0 Å². The molecule has 1 aliphatic carbocycles. The number of fused-ring (bicyclic) bond motifs is 2. The first-order valence-corrected chi connectivity index (χ1v) is 10.0. The second-order valence-corrected chi connectivity index (χ2v) is 8.35. The monoisotopic (exact) mass is 358 g/mol. The molecule has 1 N–H and O–H groups in total. The van der Waals surface area contributed by atoms with Crippen LogP contribution in [-0.4, -0.2) is 41.3 Å². The number of nitrogens with zero attached hydrogens (tertiary/aromatic N) is 2. The molecule has 1 aliphatic heterocycles.